The monoisotopic (exact) mass is 242 g/mol. The molecule has 0 spiro atoms. The molecule has 1 amide bonds. The Balaban J connectivity index is 1.53. The lowest BCUT2D eigenvalue weighted by molar-refractivity contribution is 0.129. The minimum atomic E-state index is -0.302. The van der Waals surface area contributed by atoms with Gasteiger partial charge in [-0.25, -0.2) is 4.79 Å². The average molecular weight is 242 g/mol. The van der Waals surface area contributed by atoms with Crippen molar-refractivity contribution >= 4 is 6.09 Å². The van der Waals surface area contributed by atoms with E-state index in [9.17, 15) is 4.79 Å². The molecule has 0 aromatic heterocycles. The molecule has 2 unspecified atom stereocenters. The maximum absolute atomic E-state index is 11.4. The molecule has 2 heterocycles. The molecule has 5 heteroatoms. The summed E-state index contributed by atoms with van der Waals surface area (Å²) in [5, 5.41) is 6.17. The number of nitrogens with one attached hydrogen (secondary N) is 2. The van der Waals surface area contributed by atoms with Crippen molar-refractivity contribution in [3.8, 4) is 0 Å². The topological polar surface area (TPSA) is 59.6 Å². The fourth-order valence-corrected chi connectivity index (χ4v) is 2.35. The largest absolute Gasteiger partial charge is 0.450 e. The summed E-state index contributed by atoms with van der Waals surface area (Å²) in [6.07, 6.45) is 4.03. The highest BCUT2D eigenvalue weighted by Crippen LogP contribution is 2.13. The van der Waals surface area contributed by atoms with Gasteiger partial charge < -0.3 is 20.1 Å². The summed E-state index contributed by atoms with van der Waals surface area (Å²) >= 11 is 0. The van der Waals surface area contributed by atoms with Gasteiger partial charge in [0.25, 0.3) is 0 Å². The summed E-state index contributed by atoms with van der Waals surface area (Å²) in [5.74, 6) is 0.659. The maximum Gasteiger partial charge on any atom is 0.407 e. The lowest BCUT2D eigenvalue weighted by atomic mass is 9.97. The Kier molecular flexibility index (Phi) is 5.07. The molecular formula is C12H22N2O3. The van der Waals surface area contributed by atoms with Gasteiger partial charge in [-0.2, -0.15) is 0 Å². The van der Waals surface area contributed by atoms with Crippen LogP contribution in [0.5, 0.6) is 0 Å². The van der Waals surface area contributed by atoms with Crippen LogP contribution >= 0.6 is 0 Å². The molecular weight excluding hydrogens is 220 g/mol. The molecule has 0 aromatic rings. The first-order valence-corrected chi connectivity index (χ1v) is 6.56. The van der Waals surface area contributed by atoms with Gasteiger partial charge in [0.2, 0.25) is 0 Å². The van der Waals surface area contributed by atoms with Crippen LogP contribution < -0.4 is 10.6 Å². The molecule has 2 fully saturated rings. The molecule has 5 nitrogen and oxygen atoms in total. The number of amides is 1. The van der Waals surface area contributed by atoms with Crippen molar-refractivity contribution in [1.82, 2.24) is 10.6 Å². The molecule has 0 bridgehead atoms. The summed E-state index contributed by atoms with van der Waals surface area (Å²) in [6.45, 7) is 4.05. The Morgan fingerprint density at radius 2 is 2.41 bits per heavy atom. The van der Waals surface area contributed by atoms with Crippen LogP contribution in [0.25, 0.3) is 0 Å². The van der Waals surface area contributed by atoms with Gasteiger partial charge in [-0.05, 0) is 44.7 Å². The minimum Gasteiger partial charge on any atom is -0.450 e. The van der Waals surface area contributed by atoms with Gasteiger partial charge in [-0.1, -0.05) is 0 Å². The van der Waals surface area contributed by atoms with E-state index >= 15 is 0 Å². The standard InChI is InChI=1S/C12H22N2O3/c15-12(14-11-4-6-16-9-11)17-7-3-10-2-1-5-13-8-10/h10-11,13H,1-9H2,(H,14,15). The molecule has 2 saturated heterocycles. The van der Waals surface area contributed by atoms with Gasteiger partial charge in [0.05, 0.1) is 19.3 Å². The summed E-state index contributed by atoms with van der Waals surface area (Å²) in [4.78, 5) is 11.4. The molecule has 0 aromatic carbocycles. The number of hydrogen-bond acceptors (Lipinski definition) is 4. The van der Waals surface area contributed by atoms with E-state index in [-0.39, 0.29) is 12.1 Å². The van der Waals surface area contributed by atoms with Gasteiger partial charge in [-0.3, -0.25) is 0 Å². The minimum absolute atomic E-state index is 0.138. The lowest BCUT2D eigenvalue weighted by Gasteiger charge is -2.22. The lowest BCUT2D eigenvalue weighted by Crippen LogP contribution is -2.36. The molecule has 0 aliphatic carbocycles. The Bertz CT molecular complexity index is 236. The third kappa shape index (κ3) is 4.52. The molecule has 0 radical (unpaired) electrons. The number of carbonyl (C=O) groups is 1. The van der Waals surface area contributed by atoms with Crippen LogP contribution in [0.2, 0.25) is 0 Å². The molecule has 2 atom stereocenters. The van der Waals surface area contributed by atoms with E-state index < -0.39 is 0 Å². The van der Waals surface area contributed by atoms with Crippen molar-refractivity contribution < 1.29 is 14.3 Å². The highest BCUT2D eigenvalue weighted by atomic mass is 16.5. The molecule has 98 valence electrons. The van der Waals surface area contributed by atoms with E-state index in [0.717, 1.165) is 32.5 Å². The van der Waals surface area contributed by atoms with Crippen LogP contribution in [0.3, 0.4) is 0 Å². The second kappa shape index (κ2) is 6.81. The van der Waals surface area contributed by atoms with Gasteiger partial charge in [0.1, 0.15) is 0 Å². The van der Waals surface area contributed by atoms with E-state index in [0.29, 0.717) is 19.1 Å². The summed E-state index contributed by atoms with van der Waals surface area (Å²) < 4.78 is 10.4. The Hall–Kier alpha value is -0.810. The van der Waals surface area contributed by atoms with Crippen LogP contribution in [0.1, 0.15) is 25.7 Å². The Labute approximate surface area is 102 Å². The molecule has 2 aliphatic heterocycles. The van der Waals surface area contributed by atoms with Gasteiger partial charge >= 0.3 is 6.09 Å². The average Bonchev–Trinajstić information content (AvgIpc) is 2.83. The maximum atomic E-state index is 11.4. The van der Waals surface area contributed by atoms with Crippen molar-refractivity contribution in [2.75, 3.05) is 32.9 Å². The van der Waals surface area contributed by atoms with E-state index in [1.807, 2.05) is 0 Å². The summed E-state index contributed by atoms with van der Waals surface area (Å²) in [6, 6.07) is 0.138. The van der Waals surface area contributed by atoms with E-state index in [2.05, 4.69) is 10.6 Å². The van der Waals surface area contributed by atoms with Crippen LogP contribution in [0, 0.1) is 5.92 Å². The third-order valence-electron chi connectivity index (χ3n) is 3.41. The van der Waals surface area contributed by atoms with Crippen molar-refractivity contribution in [2.45, 2.75) is 31.7 Å². The SMILES string of the molecule is O=C(NC1CCOC1)OCCC1CCCNC1. The predicted octanol–water partition coefficient (Wildman–Crippen LogP) is 0.891. The normalized spacial score (nSPS) is 28.9. The number of ether oxygens (including phenoxy) is 2. The number of hydrogen-bond donors (Lipinski definition) is 2. The van der Waals surface area contributed by atoms with E-state index in [4.69, 9.17) is 9.47 Å². The van der Waals surface area contributed by atoms with E-state index in [1.165, 1.54) is 12.8 Å². The Morgan fingerprint density at radius 1 is 1.47 bits per heavy atom. The van der Waals surface area contributed by atoms with Crippen LogP contribution in [0.4, 0.5) is 4.79 Å². The van der Waals surface area contributed by atoms with Crippen molar-refractivity contribution in [2.24, 2.45) is 5.92 Å². The second-order valence-electron chi connectivity index (χ2n) is 4.84. The Morgan fingerprint density at radius 3 is 3.12 bits per heavy atom. The van der Waals surface area contributed by atoms with Gasteiger partial charge in [-0.15, -0.1) is 0 Å². The molecule has 17 heavy (non-hydrogen) atoms. The summed E-state index contributed by atoms with van der Waals surface area (Å²) in [7, 11) is 0. The predicted molar refractivity (Wildman–Crippen MR) is 63.9 cm³/mol. The molecule has 2 aliphatic rings. The van der Waals surface area contributed by atoms with Crippen molar-refractivity contribution in [1.29, 1.82) is 0 Å². The zero-order chi connectivity index (χ0) is 11.9. The fraction of sp³-hybridized carbons (Fsp3) is 0.917. The third-order valence-corrected chi connectivity index (χ3v) is 3.41. The fourth-order valence-electron chi connectivity index (χ4n) is 2.35. The number of carbonyl (C=O) groups excluding carboxylic acids is 1. The zero-order valence-electron chi connectivity index (χ0n) is 10.2. The van der Waals surface area contributed by atoms with Gasteiger partial charge in [0.15, 0.2) is 0 Å². The van der Waals surface area contributed by atoms with Crippen LogP contribution in [0.15, 0.2) is 0 Å². The van der Waals surface area contributed by atoms with Gasteiger partial charge in [0, 0.05) is 6.61 Å². The quantitative estimate of drug-likeness (QED) is 0.768. The highest BCUT2D eigenvalue weighted by Gasteiger charge is 2.19. The number of alkyl carbamates (subject to hydrolysis) is 1. The van der Waals surface area contributed by atoms with Crippen LogP contribution in [-0.4, -0.2) is 45.0 Å². The number of rotatable bonds is 4. The molecule has 2 rings (SSSR count). The first-order chi connectivity index (χ1) is 8.34. The van der Waals surface area contributed by atoms with Crippen LogP contribution in [-0.2, 0) is 9.47 Å². The van der Waals surface area contributed by atoms with E-state index in [1.54, 1.807) is 0 Å². The summed E-state index contributed by atoms with van der Waals surface area (Å²) in [5.41, 5.74) is 0. The molecule has 2 N–H and O–H groups in total. The number of piperidine rings is 1. The first kappa shape index (κ1) is 12.6. The second-order valence-corrected chi connectivity index (χ2v) is 4.84. The van der Waals surface area contributed by atoms with Crippen molar-refractivity contribution in [3.63, 3.8) is 0 Å². The highest BCUT2D eigenvalue weighted by molar-refractivity contribution is 5.67. The first-order valence-electron chi connectivity index (χ1n) is 6.56. The van der Waals surface area contributed by atoms with Crippen molar-refractivity contribution in [3.05, 3.63) is 0 Å². The smallest absolute Gasteiger partial charge is 0.407 e. The molecule has 0 saturated carbocycles. The zero-order valence-corrected chi connectivity index (χ0v) is 10.2.